The van der Waals surface area contributed by atoms with Gasteiger partial charge in [-0.1, -0.05) is 0 Å². The van der Waals surface area contributed by atoms with E-state index in [1.165, 1.54) is 0 Å². The molecule has 0 saturated heterocycles. The van der Waals surface area contributed by atoms with E-state index in [2.05, 4.69) is 5.92 Å². The van der Waals surface area contributed by atoms with Gasteiger partial charge in [0.1, 0.15) is 12.0 Å². The van der Waals surface area contributed by atoms with Crippen molar-refractivity contribution in [3.05, 3.63) is 28.8 Å². The molecule has 0 bridgehead atoms. The number of terminal acetylenes is 1. The van der Waals surface area contributed by atoms with E-state index in [1.54, 1.807) is 6.07 Å². The second kappa shape index (κ2) is 6.75. The molecule has 2 heteroatoms. The molecular formula is C15H18O2. The minimum atomic E-state index is 0.643. The van der Waals surface area contributed by atoms with Crippen LogP contribution in [0.15, 0.2) is 12.1 Å². The Labute approximate surface area is 103 Å². The van der Waals surface area contributed by atoms with E-state index >= 15 is 0 Å². The van der Waals surface area contributed by atoms with Crippen LogP contribution in [0, 0.1) is 26.2 Å². The molecule has 0 aliphatic rings. The van der Waals surface area contributed by atoms with Crippen molar-refractivity contribution in [1.29, 1.82) is 0 Å². The molecule has 0 heterocycles. The van der Waals surface area contributed by atoms with Gasteiger partial charge in [-0.05, 0) is 49.9 Å². The lowest BCUT2D eigenvalue weighted by Gasteiger charge is -2.11. The maximum absolute atomic E-state index is 10.8. The van der Waals surface area contributed by atoms with Crippen LogP contribution in [0.4, 0.5) is 0 Å². The highest BCUT2D eigenvalue weighted by atomic mass is 16.5. The van der Waals surface area contributed by atoms with Gasteiger partial charge in [0, 0.05) is 12.0 Å². The molecule has 1 aromatic carbocycles. The zero-order valence-corrected chi connectivity index (χ0v) is 10.5. The first-order valence-corrected chi connectivity index (χ1v) is 5.81. The summed E-state index contributed by atoms with van der Waals surface area (Å²) in [5.41, 5.74) is 2.83. The summed E-state index contributed by atoms with van der Waals surface area (Å²) in [6, 6.07) is 3.66. The summed E-state index contributed by atoms with van der Waals surface area (Å²) in [7, 11) is 0. The molecule has 1 aromatic rings. The van der Waals surface area contributed by atoms with E-state index in [0.29, 0.717) is 12.2 Å². The predicted molar refractivity (Wildman–Crippen MR) is 69.5 cm³/mol. The van der Waals surface area contributed by atoms with Gasteiger partial charge < -0.3 is 4.74 Å². The molecule has 0 radical (unpaired) electrons. The fourth-order valence-electron chi connectivity index (χ4n) is 1.58. The van der Waals surface area contributed by atoms with Crippen molar-refractivity contribution < 1.29 is 9.53 Å². The Morgan fingerprint density at radius 3 is 2.76 bits per heavy atom. The van der Waals surface area contributed by atoms with Crippen LogP contribution in [-0.2, 0) is 0 Å². The van der Waals surface area contributed by atoms with E-state index < -0.39 is 0 Å². The van der Waals surface area contributed by atoms with Crippen LogP contribution in [0.3, 0.4) is 0 Å². The summed E-state index contributed by atoms with van der Waals surface area (Å²) in [4.78, 5) is 10.8. The topological polar surface area (TPSA) is 26.3 Å². The molecule has 0 spiro atoms. The van der Waals surface area contributed by atoms with Gasteiger partial charge in [0.05, 0.1) is 6.61 Å². The van der Waals surface area contributed by atoms with E-state index in [-0.39, 0.29) is 0 Å². The number of aryl methyl sites for hydroxylation is 1. The number of carbonyl (C=O) groups excluding carboxylic acids is 1. The molecule has 17 heavy (non-hydrogen) atoms. The molecule has 0 aliphatic heterocycles. The number of hydrogen-bond donors (Lipinski definition) is 0. The molecule has 0 atom stereocenters. The summed E-state index contributed by atoms with van der Waals surface area (Å²) >= 11 is 0. The number of ether oxygens (including phenoxy) is 1. The molecule has 0 aliphatic carbocycles. The summed E-state index contributed by atoms with van der Waals surface area (Å²) < 4.78 is 5.68. The van der Waals surface area contributed by atoms with Crippen LogP contribution in [-0.4, -0.2) is 12.9 Å². The number of aldehydes is 1. The third kappa shape index (κ3) is 3.96. The monoisotopic (exact) mass is 230 g/mol. The average molecular weight is 230 g/mol. The highest BCUT2D eigenvalue weighted by Gasteiger charge is 2.05. The molecule has 0 amide bonds. The van der Waals surface area contributed by atoms with Crippen molar-refractivity contribution in [2.45, 2.75) is 33.1 Å². The first-order valence-electron chi connectivity index (χ1n) is 5.81. The summed E-state index contributed by atoms with van der Waals surface area (Å²) in [5.74, 6) is 3.40. The maximum Gasteiger partial charge on any atom is 0.150 e. The summed E-state index contributed by atoms with van der Waals surface area (Å²) in [6.07, 6.45) is 8.72. The highest BCUT2D eigenvalue weighted by Crippen LogP contribution is 2.23. The van der Waals surface area contributed by atoms with Crippen LogP contribution in [0.5, 0.6) is 5.75 Å². The average Bonchev–Trinajstić information content (AvgIpc) is 2.33. The number of hydrogen-bond acceptors (Lipinski definition) is 2. The predicted octanol–water partition coefficient (Wildman–Crippen LogP) is 3.30. The fourth-order valence-corrected chi connectivity index (χ4v) is 1.58. The van der Waals surface area contributed by atoms with Gasteiger partial charge >= 0.3 is 0 Å². The van der Waals surface area contributed by atoms with Gasteiger partial charge in [-0.25, -0.2) is 0 Å². The zero-order valence-electron chi connectivity index (χ0n) is 10.5. The smallest absolute Gasteiger partial charge is 0.150 e. The van der Waals surface area contributed by atoms with Gasteiger partial charge in [-0.2, -0.15) is 0 Å². The normalized spacial score (nSPS) is 9.71. The third-order valence-electron chi connectivity index (χ3n) is 2.75. The van der Waals surface area contributed by atoms with E-state index in [4.69, 9.17) is 11.2 Å². The van der Waals surface area contributed by atoms with Gasteiger partial charge in [-0.3, -0.25) is 4.79 Å². The number of carbonyl (C=O) groups is 1. The van der Waals surface area contributed by atoms with Crippen LogP contribution >= 0.6 is 0 Å². The Bertz CT molecular complexity index is 427. The Kier molecular flexibility index (Phi) is 5.29. The highest BCUT2D eigenvalue weighted by molar-refractivity contribution is 5.76. The van der Waals surface area contributed by atoms with Gasteiger partial charge in [-0.15, -0.1) is 12.3 Å². The maximum atomic E-state index is 10.8. The molecule has 90 valence electrons. The summed E-state index contributed by atoms with van der Waals surface area (Å²) in [5, 5.41) is 0. The second-order valence-corrected chi connectivity index (χ2v) is 4.09. The van der Waals surface area contributed by atoms with Crippen molar-refractivity contribution in [3.8, 4) is 18.1 Å². The minimum absolute atomic E-state index is 0.643. The molecule has 0 unspecified atom stereocenters. The Morgan fingerprint density at radius 1 is 1.35 bits per heavy atom. The Balaban J connectivity index is 2.61. The van der Waals surface area contributed by atoms with Crippen molar-refractivity contribution >= 4 is 6.29 Å². The van der Waals surface area contributed by atoms with E-state index in [1.807, 2.05) is 19.9 Å². The van der Waals surface area contributed by atoms with E-state index in [0.717, 1.165) is 42.4 Å². The van der Waals surface area contributed by atoms with Gasteiger partial charge in [0.2, 0.25) is 0 Å². The summed E-state index contributed by atoms with van der Waals surface area (Å²) in [6.45, 7) is 4.62. The SMILES string of the molecule is C#CCCCCOc1cc(C=O)cc(C)c1C. The zero-order chi connectivity index (χ0) is 12.7. The Morgan fingerprint density at radius 2 is 2.12 bits per heavy atom. The third-order valence-corrected chi connectivity index (χ3v) is 2.75. The Hall–Kier alpha value is -1.75. The van der Waals surface area contributed by atoms with Crippen LogP contribution in [0.25, 0.3) is 0 Å². The van der Waals surface area contributed by atoms with E-state index in [9.17, 15) is 4.79 Å². The molecule has 2 nitrogen and oxygen atoms in total. The second-order valence-electron chi connectivity index (χ2n) is 4.09. The molecule has 0 saturated carbocycles. The first-order chi connectivity index (χ1) is 8.19. The number of benzene rings is 1. The van der Waals surface area contributed by atoms with Gasteiger partial charge in [0.25, 0.3) is 0 Å². The van der Waals surface area contributed by atoms with Crippen molar-refractivity contribution in [3.63, 3.8) is 0 Å². The van der Waals surface area contributed by atoms with Crippen LogP contribution in [0.1, 0.15) is 40.7 Å². The molecular weight excluding hydrogens is 212 g/mol. The van der Waals surface area contributed by atoms with Crippen LogP contribution in [0.2, 0.25) is 0 Å². The fraction of sp³-hybridized carbons (Fsp3) is 0.400. The lowest BCUT2D eigenvalue weighted by molar-refractivity contribution is 0.112. The number of rotatable bonds is 6. The van der Waals surface area contributed by atoms with Crippen LogP contribution < -0.4 is 4.74 Å². The largest absolute Gasteiger partial charge is 0.493 e. The minimum Gasteiger partial charge on any atom is -0.493 e. The quantitative estimate of drug-likeness (QED) is 0.426. The molecule has 0 N–H and O–H groups in total. The lowest BCUT2D eigenvalue weighted by atomic mass is 10.1. The first kappa shape index (κ1) is 13.3. The standard InChI is InChI=1S/C15H18O2/c1-4-5-6-7-8-17-15-10-14(11-16)9-12(2)13(15)3/h1,9-11H,5-8H2,2-3H3. The van der Waals surface area contributed by atoms with Crippen molar-refractivity contribution in [2.75, 3.05) is 6.61 Å². The lowest BCUT2D eigenvalue weighted by Crippen LogP contribution is -2.00. The van der Waals surface area contributed by atoms with Gasteiger partial charge in [0.15, 0.2) is 0 Å². The van der Waals surface area contributed by atoms with Crippen molar-refractivity contribution in [2.24, 2.45) is 0 Å². The van der Waals surface area contributed by atoms with Crippen molar-refractivity contribution in [1.82, 2.24) is 0 Å². The number of unbranched alkanes of at least 4 members (excludes halogenated alkanes) is 2. The molecule has 0 aromatic heterocycles. The molecule has 1 rings (SSSR count). The molecule has 0 fully saturated rings.